The molecule has 1 aliphatic heterocycles. The molecule has 0 aromatic heterocycles. The predicted molar refractivity (Wildman–Crippen MR) is 98.9 cm³/mol. The second-order valence-corrected chi connectivity index (χ2v) is 8.22. The van der Waals surface area contributed by atoms with E-state index in [-0.39, 0.29) is 30.3 Å². The fourth-order valence-corrected chi connectivity index (χ4v) is 3.15. The molecule has 0 bridgehead atoms. The van der Waals surface area contributed by atoms with Crippen LogP contribution in [0.25, 0.3) is 6.08 Å². The number of carbonyl (C=O) groups excluding carboxylic acids is 2. The smallest absolute Gasteiger partial charge is 0.331 e. The van der Waals surface area contributed by atoms with Gasteiger partial charge in [-0.2, -0.15) is 0 Å². The van der Waals surface area contributed by atoms with Crippen molar-refractivity contribution < 1.29 is 23.8 Å². The third kappa shape index (κ3) is 6.43. The number of benzene rings is 1. The summed E-state index contributed by atoms with van der Waals surface area (Å²) in [5, 5.41) is 2.90. The van der Waals surface area contributed by atoms with Gasteiger partial charge in [0.05, 0.1) is 0 Å². The minimum absolute atomic E-state index is 0.0841. The van der Waals surface area contributed by atoms with E-state index in [1.54, 1.807) is 24.3 Å². The summed E-state index contributed by atoms with van der Waals surface area (Å²) in [7, 11) is 0. The lowest BCUT2D eigenvalue weighted by molar-refractivity contribution is -0.144. The summed E-state index contributed by atoms with van der Waals surface area (Å²) in [6.07, 6.45) is 3.69. The molecule has 26 heavy (non-hydrogen) atoms. The first kappa shape index (κ1) is 19.8. The third-order valence-corrected chi connectivity index (χ3v) is 3.60. The Kier molecular flexibility index (Phi) is 5.95. The zero-order chi connectivity index (χ0) is 19.4. The minimum atomic E-state index is -0.577. The Morgan fingerprint density at radius 2 is 1.85 bits per heavy atom. The van der Waals surface area contributed by atoms with Gasteiger partial charge in [-0.05, 0) is 49.5 Å². The van der Waals surface area contributed by atoms with Crippen molar-refractivity contribution in [2.45, 2.75) is 46.6 Å². The van der Waals surface area contributed by atoms with E-state index in [1.807, 2.05) is 13.8 Å². The van der Waals surface area contributed by atoms with Crippen LogP contribution in [0.15, 0.2) is 24.3 Å². The number of rotatable bonds is 6. The lowest BCUT2D eigenvalue weighted by atomic mass is 9.82. The normalized spacial score (nSPS) is 13.7. The largest absolute Gasteiger partial charge is 0.454 e. The fraction of sp³-hybridized carbons (Fsp3) is 0.500. The van der Waals surface area contributed by atoms with E-state index in [4.69, 9.17) is 14.2 Å². The second-order valence-electron chi connectivity index (χ2n) is 8.22. The molecule has 142 valence electrons. The SMILES string of the molecule is CC(C)(C)CC(C)(C)NC(=O)COC(=O)/C=C/c1ccc2c(c1)OCO2. The first-order valence-electron chi connectivity index (χ1n) is 8.60. The van der Waals surface area contributed by atoms with Crippen molar-refractivity contribution in [2.24, 2.45) is 5.41 Å². The molecule has 0 atom stereocenters. The standard InChI is InChI=1S/C20H27NO5/c1-19(2,3)12-20(4,5)21-17(22)11-24-18(23)9-7-14-6-8-15-16(10-14)26-13-25-15/h6-10H,11-13H2,1-5H3,(H,21,22)/b9-7+. The monoisotopic (exact) mass is 361 g/mol. The van der Waals surface area contributed by atoms with E-state index in [1.165, 1.54) is 6.08 Å². The number of nitrogens with one attached hydrogen (secondary N) is 1. The van der Waals surface area contributed by atoms with Crippen molar-refractivity contribution >= 4 is 18.0 Å². The maximum atomic E-state index is 12.0. The summed E-state index contributed by atoms with van der Waals surface area (Å²) in [6, 6.07) is 5.35. The molecule has 0 unspecified atom stereocenters. The first-order valence-corrected chi connectivity index (χ1v) is 8.60. The minimum Gasteiger partial charge on any atom is -0.454 e. The van der Waals surface area contributed by atoms with E-state index in [9.17, 15) is 9.59 Å². The van der Waals surface area contributed by atoms with E-state index >= 15 is 0 Å². The Morgan fingerprint density at radius 3 is 2.54 bits per heavy atom. The van der Waals surface area contributed by atoms with Crippen molar-refractivity contribution in [3.05, 3.63) is 29.8 Å². The van der Waals surface area contributed by atoms with Crippen molar-refractivity contribution in [1.82, 2.24) is 5.32 Å². The molecule has 2 rings (SSSR count). The number of fused-ring (bicyclic) bond motifs is 1. The van der Waals surface area contributed by atoms with E-state index in [0.29, 0.717) is 11.5 Å². The van der Waals surface area contributed by atoms with Crippen LogP contribution in [0.3, 0.4) is 0 Å². The Hall–Kier alpha value is -2.50. The average Bonchev–Trinajstić information content (AvgIpc) is 2.95. The van der Waals surface area contributed by atoms with Gasteiger partial charge < -0.3 is 19.5 Å². The first-order chi connectivity index (χ1) is 12.0. The molecule has 6 heteroatoms. The van der Waals surface area contributed by atoms with Gasteiger partial charge in [0.2, 0.25) is 6.79 Å². The van der Waals surface area contributed by atoms with Gasteiger partial charge in [0.25, 0.3) is 5.91 Å². The van der Waals surface area contributed by atoms with Gasteiger partial charge in [-0.3, -0.25) is 4.79 Å². The molecule has 0 saturated heterocycles. The molecule has 1 amide bonds. The molecule has 0 aliphatic carbocycles. The zero-order valence-corrected chi connectivity index (χ0v) is 16.0. The summed E-state index contributed by atoms with van der Waals surface area (Å²) in [5.41, 5.74) is 0.493. The number of hydrogen-bond acceptors (Lipinski definition) is 5. The van der Waals surface area contributed by atoms with Crippen LogP contribution in [0.2, 0.25) is 0 Å². The molecule has 0 fully saturated rings. The molecule has 0 spiro atoms. The number of esters is 1. The number of ether oxygens (including phenoxy) is 3. The highest BCUT2D eigenvalue weighted by molar-refractivity contribution is 5.89. The van der Waals surface area contributed by atoms with Crippen LogP contribution in [-0.4, -0.2) is 30.8 Å². The van der Waals surface area contributed by atoms with E-state index in [0.717, 1.165) is 12.0 Å². The van der Waals surface area contributed by atoms with Crippen molar-refractivity contribution in [3.63, 3.8) is 0 Å². The highest BCUT2D eigenvalue weighted by atomic mass is 16.7. The van der Waals surface area contributed by atoms with Crippen LogP contribution in [0.1, 0.15) is 46.6 Å². The maximum absolute atomic E-state index is 12.0. The van der Waals surface area contributed by atoms with Gasteiger partial charge in [-0.1, -0.05) is 26.8 Å². The molecule has 1 N–H and O–H groups in total. The van der Waals surface area contributed by atoms with Crippen LogP contribution in [0.4, 0.5) is 0 Å². The number of hydrogen-bond donors (Lipinski definition) is 1. The molecule has 0 radical (unpaired) electrons. The molecule has 6 nitrogen and oxygen atoms in total. The lowest BCUT2D eigenvalue weighted by Gasteiger charge is -2.33. The van der Waals surface area contributed by atoms with Gasteiger partial charge >= 0.3 is 5.97 Å². The lowest BCUT2D eigenvalue weighted by Crippen LogP contribution is -2.47. The summed E-state index contributed by atoms with van der Waals surface area (Å²) in [4.78, 5) is 23.8. The van der Waals surface area contributed by atoms with Crippen LogP contribution in [0, 0.1) is 5.41 Å². The van der Waals surface area contributed by atoms with Crippen molar-refractivity contribution in [2.75, 3.05) is 13.4 Å². The second kappa shape index (κ2) is 7.81. The zero-order valence-electron chi connectivity index (χ0n) is 16.0. The summed E-state index contributed by atoms with van der Waals surface area (Å²) in [6.45, 7) is 10.1. The molecular formula is C20H27NO5. The maximum Gasteiger partial charge on any atom is 0.331 e. The predicted octanol–water partition coefficient (Wildman–Crippen LogP) is 3.30. The highest BCUT2D eigenvalue weighted by Gasteiger charge is 2.27. The van der Waals surface area contributed by atoms with Gasteiger partial charge in [0.1, 0.15) is 0 Å². The summed E-state index contributed by atoms with van der Waals surface area (Å²) < 4.78 is 15.5. The van der Waals surface area contributed by atoms with Gasteiger partial charge in [0.15, 0.2) is 18.1 Å². The van der Waals surface area contributed by atoms with Crippen LogP contribution < -0.4 is 14.8 Å². The van der Waals surface area contributed by atoms with E-state index < -0.39 is 5.97 Å². The Bertz CT molecular complexity index is 701. The Morgan fingerprint density at radius 1 is 1.15 bits per heavy atom. The van der Waals surface area contributed by atoms with Crippen LogP contribution in [-0.2, 0) is 14.3 Å². The van der Waals surface area contributed by atoms with E-state index in [2.05, 4.69) is 26.1 Å². The molecule has 1 aromatic carbocycles. The fourth-order valence-electron chi connectivity index (χ4n) is 3.15. The molecule has 1 aliphatic rings. The van der Waals surface area contributed by atoms with Crippen LogP contribution in [0.5, 0.6) is 11.5 Å². The topological polar surface area (TPSA) is 73.9 Å². The number of amides is 1. The van der Waals surface area contributed by atoms with Crippen LogP contribution >= 0.6 is 0 Å². The summed E-state index contributed by atoms with van der Waals surface area (Å²) in [5.74, 6) is 0.427. The quantitative estimate of drug-likeness (QED) is 0.622. The Balaban J connectivity index is 1.80. The van der Waals surface area contributed by atoms with Crippen molar-refractivity contribution in [1.29, 1.82) is 0 Å². The van der Waals surface area contributed by atoms with Gasteiger partial charge in [-0.15, -0.1) is 0 Å². The van der Waals surface area contributed by atoms with Gasteiger partial charge in [0, 0.05) is 11.6 Å². The molecular weight excluding hydrogens is 334 g/mol. The van der Waals surface area contributed by atoms with Gasteiger partial charge in [-0.25, -0.2) is 4.79 Å². The van der Waals surface area contributed by atoms with Crippen molar-refractivity contribution in [3.8, 4) is 11.5 Å². The molecule has 0 saturated carbocycles. The summed E-state index contributed by atoms with van der Waals surface area (Å²) >= 11 is 0. The average molecular weight is 361 g/mol. The highest BCUT2D eigenvalue weighted by Crippen LogP contribution is 2.32. The molecule has 1 aromatic rings. The number of carbonyl (C=O) groups is 2. The molecule has 1 heterocycles. The Labute approximate surface area is 154 Å². The third-order valence-electron chi connectivity index (χ3n) is 3.60.